The lowest BCUT2D eigenvalue weighted by Crippen LogP contribution is -2.28. The number of fused-ring (bicyclic) bond motifs is 15. The summed E-state index contributed by atoms with van der Waals surface area (Å²) in [6.45, 7) is 0. The van der Waals surface area contributed by atoms with Crippen LogP contribution in [-0.4, -0.2) is 15.6 Å². The number of benzene rings is 9. The molecular formula is C59H37N3S. The number of rotatable bonds is 4. The fourth-order valence-electron chi connectivity index (χ4n) is 10.9. The fourth-order valence-corrected chi connectivity index (χ4v) is 12.1. The number of nitrogens with zero attached hydrogens (tertiary/aromatic N) is 3. The van der Waals surface area contributed by atoms with Gasteiger partial charge in [-0.15, -0.1) is 11.3 Å². The molecule has 2 unspecified atom stereocenters. The van der Waals surface area contributed by atoms with Crippen molar-refractivity contribution in [1.29, 1.82) is 0 Å². The minimum absolute atomic E-state index is 0.250. The molecule has 12 aromatic rings. The van der Waals surface area contributed by atoms with Crippen molar-refractivity contribution >= 4 is 97.0 Å². The fraction of sp³-hybridized carbons (Fsp3) is 0.0339. The van der Waals surface area contributed by atoms with E-state index in [4.69, 9.17) is 4.98 Å². The Kier molecular flexibility index (Phi) is 7.39. The van der Waals surface area contributed by atoms with Gasteiger partial charge in [-0.25, -0.2) is 4.98 Å². The van der Waals surface area contributed by atoms with Crippen LogP contribution in [0.4, 0.5) is 11.4 Å². The topological polar surface area (TPSA) is 21.1 Å². The Morgan fingerprint density at radius 2 is 1.06 bits per heavy atom. The predicted octanol–water partition coefficient (Wildman–Crippen LogP) is 16.1. The standard InChI is InChI=1S/C59H37N3S/c1-2-16-43-41(14-1)42-15-3-4-17-44(42)50-33-38(24-27-45(43)50)36-12-11-13-37(32-36)39-25-29-57-52(34-39)49-30-31-60-59(58(49)63-57)62-55-23-10-7-20-48(55)51-35-40(26-28-56(51)62)61-53-21-8-5-18-46(53)47-19-6-9-22-54(47)61/h1-35,46,53H. The summed E-state index contributed by atoms with van der Waals surface area (Å²) in [7, 11) is 0. The van der Waals surface area contributed by atoms with Gasteiger partial charge in [0.05, 0.1) is 21.8 Å². The number of pyridine rings is 1. The molecule has 0 saturated carbocycles. The number of allylic oxidation sites excluding steroid dienone is 2. The first-order valence-electron chi connectivity index (χ1n) is 21.8. The average Bonchev–Trinajstić information content (AvgIpc) is 4.01. The second-order valence-corrected chi connectivity index (χ2v) is 18.1. The van der Waals surface area contributed by atoms with Gasteiger partial charge in [0.25, 0.3) is 0 Å². The van der Waals surface area contributed by atoms with Crippen LogP contribution in [-0.2, 0) is 0 Å². The van der Waals surface area contributed by atoms with E-state index in [1.54, 1.807) is 0 Å². The second kappa shape index (κ2) is 13.4. The van der Waals surface area contributed by atoms with Crippen LogP contribution < -0.4 is 4.90 Å². The lowest BCUT2D eigenvalue weighted by atomic mass is 9.91. The van der Waals surface area contributed by atoms with E-state index in [0.717, 1.165) is 16.9 Å². The molecule has 0 bridgehead atoms. The van der Waals surface area contributed by atoms with Crippen LogP contribution in [0.1, 0.15) is 11.5 Å². The van der Waals surface area contributed by atoms with E-state index in [1.165, 1.54) is 102 Å². The predicted molar refractivity (Wildman–Crippen MR) is 268 cm³/mol. The van der Waals surface area contributed by atoms with Gasteiger partial charge in [-0.2, -0.15) is 0 Å². The third-order valence-electron chi connectivity index (χ3n) is 13.7. The van der Waals surface area contributed by atoms with Gasteiger partial charge in [0.2, 0.25) is 0 Å². The molecule has 294 valence electrons. The molecule has 0 N–H and O–H groups in total. The first-order valence-corrected chi connectivity index (χ1v) is 22.6. The highest BCUT2D eigenvalue weighted by atomic mass is 32.1. The van der Waals surface area contributed by atoms with Crippen LogP contribution in [0.3, 0.4) is 0 Å². The van der Waals surface area contributed by atoms with Crippen molar-refractivity contribution in [1.82, 2.24) is 9.55 Å². The van der Waals surface area contributed by atoms with Gasteiger partial charge >= 0.3 is 0 Å². The molecule has 63 heavy (non-hydrogen) atoms. The molecule has 3 aromatic heterocycles. The highest BCUT2D eigenvalue weighted by Crippen LogP contribution is 2.49. The molecule has 3 nitrogen and oxygen atoms in total. The van der Waals surface area contributed by atoms with Gasteiger partial charge in [0.1, 0.15) is 0 Å². The van der Waals surface area contributed by atoms with Crippen LogP contribution in [0.2, 0.25) is 0 Å². The Morgan fingerprint density at radius 3 is 1.87 bits per heavy atom. The van der Waals surface area contributed by atoms with Crippen LogP contribution >= 0.6 is 11.3 Å². The Labute approximate surface area is 367 Å². The van der Waals surface area contributed by atoms with Gasteiger partial charge in [-0.05, 0) is 121 Å². The first kappa shape index (κ1) is 34.9. The Hall–Kier alpha value is -7.79. The largest absolute Gasteiger partial charge is 0.333 e. The number of hydrogen-bond donors (Lipinski definition) is 0. The maximum atomic E-state index is 5.16. The van der Waals surface area contributed by atoms with E-state index in [1.807, 2.05) is 17.5 Å². The summed E-state index contributed by atoms with van der Waals surface area (Å²) in [5.41, 5.74) is 11.0. The summed E-state index contributed by atoms with van der Waals surface area (Å²) >= 11 is 1.83. The zero-order valence-corrected chi connectivity index (χ0v) is 34.9. The molecule has 14 rings (SSSR count). The molecule has 0 radical (unpaired) electrons. The maximum absolute atomic E-state index is 5.16. The molecule has 2 atom stereocenters. The number of aromatic nitrogens is 2. The van der Waals surface area contributed by atoms with Gasteiger partial charge in [0.15, 0.2) is 5.82 Å². The van der Waals surface area contributed by atoms with E-state index < -0.39 is 0 Å². The van der Waals surface area contributed by atoms with Crippen molar-refractivity contribution in [2.45, 2.75) is 12.0 Å². The summed E-state index contributed by atoms with van der Waals surface area (Å²) in [4.78, 5) is 7.68. The smallest absolute Gasteiger partial charge is 0.155 e. The molecule has 0 spiro atoms. The van der Waals surface area contributed by atoms with E-state index in [0.29, 0.717) is 5.92 Å². The highest BCUT2D eigenvalue weighted by Gasteiger charge is 2.37. The third-order valence-corrected chi connectivity index (χ3v) is 14.9. The summed E-state index contributed by atoms with van der Waals surface area (Å²) in [6.07, 6.45) is 11.1. The second-order valence-electron chi connectivity index (χ2n) is 17.0. The molecule has 1 aliphatic heterocycles. The monoisotopic (exact) mass is 819 g/mol. The minimum Gasteiger partial charge on any atom is -0.333 e. The van der Waals surface area contributed by atoms with E-state index in [-0.39, 0.29) is 6.04 Å². The van der Waals surface area contributed by atoms with Gasteiger partial charge in [-0.1, -0.05) is 146 Å². The van der Waals surface area contributed by atoms with Gasteiger partial charge in [-0.3, -0.25) is 4.57 Å². The van der Waals surface area contributed by atoms with Crippen LogP contribution in [0.15, 0.2) is 212 Å². The molecule has 0 amide bonds. The lowest BCUT2D eigenvalue weighted by Gasteiger charge is -2.28. The Balaban J connectivity index is 0.877. The van der Waals surface area contributed by atoms with E-state index in [2.05, 4.69) is 216 Å². The molecule has 2 aliphatic rings. The minimum atomic E-state index is 0.250. The molecular weight excluding hydrogens is 783 g/mol. The zero-order chi connectivity index (χ0) is 41.2. The molecule has 0 fully saturated rings. The van der Waals surface area contributed by atoms with Gasteiger partial charge in [0, 0.05) is 49.7 Å². The first-order chi connectivity index (χ1) is 31.2. The van der Waals surface area contributed by atoms with Crippen molar-refractivity contribution in [2.24, 2.45) is 0 Å². The van der Waals surface area contributed by atoms with Crippen molar-refractivity contribution in [3.8, 4) is 28.1 Å². The molecule has 4 heterocycles. The van der Waals surface area contributed by atoms with Crippen molar-refractivity contribution in [3.05, 3.63) is 218 Å². The van der Waals surface area contributed by atoms with Crippen LogP contribution in [0, 0.1) is 0 Å². The van der Waals surface area contributed by atoms with Crippen molar-refractivity contribution in [2.75, 3.05) is 4.90 Å². The highest BCUT2D eigenvalue weighted by molar-refractivity contribution is 7.26. The lowest BCUT2D eigenvalue weighted by molar-refractivity contribution is 0.745. The summed E-state index contributed by atoms with van der Waals surface area (Å²) in [6, 6.07) is 67.7. The molecule has 1 aliphatic carbocycles. The summed E-state index contributed by atoms with van der Waals surface area (Å²) < 4.78 is 4.83. The molecule has 0 saturated heterocycles. The summed E-state index contributed by atoms with van der Waals surface area (Å²) in [5, 5.41) is 12.7. The Bertz CT molecular complexity index is 3920. The zero-order valence-electron chi connectivity index (χ0n) is 34.1. The van der Waals surface area contributed by atoms with Crippen LogP contribution in [0.5, 0.6) is 0 Å². The molecule has 4 heteroatoms. The van der Waals surface area contributed by atoms with Crippen LogP contribution in [0.25, 0.3) is 102 Å². The van der Waals surface area contributed by atoms with E-state index in [9.17, 15) is 0 Å². The normalized spacial score (nSPS) is 15.8. The Morgan fingerprint density at radius 1 is 0.429 bits per heavy atom. The molecule has 9 aromatic carbocycles. The van der Waals surface area contributed by atoms with Crippen molar-refractivity contribution in [3.63, 3.8) is 0 Å². The average molecular weight is 820 g/mol. The van der Waals surface area contributed by atoms with E-state index >= 15 is 0 Å². The maximum Gasteiger partial charge on any atom is 0.155 e. The number of anilines is 2. The summed E-state index contributed by atoms with van der Waals surface area (Å²) in [5.74, 6) is 1.31. The third kappa shape index (κ3) is 5.10. The van der Waals surface area contributed by atoms with Crippen molar-refractivity contribution < 1.29 is 0 Å². The quantitative estimate of drug-likeness (QED) is 0.165. The number of para-hydroxylation sites is 2. The SMILES string of the molecule is C1=CC2c3ccccc3N(c3ccc4c(c3)c3ccccc3n4-c3nccc4c3sc3ccc(-c5cccc(-c6ccc7c8ccccc8c8ccccc8c7c6)c5)cc34)C2C=C1. The number of thiophene rings is 1. The van der Waals surface area contributed by atoms with Gasteiger partial charge < -0.3 is 4.90 Å². The number of hydrogen-bond acceptors (Lipinski definition) is 3.